The normalized spacial score (nSPS) is 15.0. The van der Waals surface area contributed by atoms with Crippen LogP contribution in [0.5, 0.6) is 0 Å². The number of anilines is 1. The molecule has 0 fully saturated rings. The maximum atomic E-state index is 13.4. The summed E-state index contributed by atoms with van der Waals surface area (Å²) < 4.78 is 5.44. The zero-order valence-electron chi connectivity index (χ0n) is 22.7. The number of nitro groups is 1. The molecule has 0 bridgehead atoms. The average molecular weight is 555 g/mol. The molecule has 0 saturated carbocycles. The van der Waals surface area contributed by atoms with Crippen molar-refractivity contribution in [2.45, 2.75) is 26.3 Å². The van der Waals surface area contributed by atoms with Crippen LogP contribution in [0.1, 0.15) is 43.0 Å². The van der Waals surface area contributed by atoms with Gasteiger partial charge in [0.1, 0.15) is 0 Å². The van der Waals surface area contributed by atoms with Crippen LogP contribution in [0.4, 0.5) is 16.2 Å². The highest BCUT2D eigenvalue weighted by atomic mass is 16.6. The number of amides is 3. The summed E-state index contributed by atoms with van der Waals surface area (Å²) in [5, 5.41) is 16.6. The van der Waals surface area contributed by atoms with Gasteiger partial charge < -0.3 is 15.4 Å². The van der Waals surface area contributed by atoms with Crippen LogP contribution >= 0.6 is 0 Å². The molecule has 1 heterocycles. The van der Waals surface area contributed by atoms with E-state index in [4.69, 9.17) is 4.74 Å². The predicted octanol–water partition coefficient (Wildman–Crippen LogP) is 5.70. The van der Waals surface area contributed by atoms with Crippen LogP contribution < -0.4 is 10.6 Å². The molecule has 1 aliphatic rings. The second-order valence-corrected chi connectivity index (χ2v) is 9.18. The topological polar surface area (TPSA) is 131 Å². The van der Waals surface area contributed by atoms with Crippen molar-refractivity contribution in [2.24, 2.45) is 0 Å². The minimum absolute atomic E-state index is 0.0392. The van der Waals surface area contributed by atoms with E-state index < -0.39 is 22.8 Å². The monoisotopic (exact) mass is 554 g/mol. The Morgan fingerprint density at radius 1 is 1.05 bits per heavy atom. The molecule has 1 aliphatic heterocycles. The number of ether oxygens (including phenoxy) is 1. The lowest BCUT2D eigenvalue weighted by Crippen LogP contribution is -2.48. The first-order chi connectivity index (χ1) is 19.8. The summed E-state index contributed by atoms with van der Waals surface area (Å²) >= 11 is 0. The van der Waals surface area contributed by atoms with Crippen molar-refractivity contribution < 1.29 is 24.0 Å². The molecule has 3 aromatic rings. The Balaban J connectivity index is 1.66. The summed E-state index contributed by atoms with van der Waals surface area (Å²) in [4.78, 5) is 51.3. The van der Waals surface area contributed by atoms with Crippen molar-refractivity contribution >= 4 is 41.1 Å². The number of hydrogen-bond acceptors (Lipinski definition) is 6. The Bertz CT molecular complexity index is 1500. The fourth-order valence-corrected chi connectivity index (χ4v) is 4.53. The quantitative estimate of drug-likeness (QED) is 0.143. The Morgan fingerprint density at radius 2 is 1.78 bits per heavy atom. The standard InChI is InChI=1S/C31H30N4O6/c1-3-19-34-29(22-9-6-5-7-10-22)27(30(37)41-4-2)28(33-31(34)38)23-11-8-12-24(20-23)32-26(36)18-15-21-13-16-25(17-14-21)35(39)40/h5-18,20,28H,3-4,19H2,1-2H3,(H,32,36)(H,33,38)/b18-15+. The van der Waals surface area contributed by atoms with Crippen molar-refractivity contribution in [1.82, 2.24) is 10.2 Å². The first kappa shape index (κ1) is 28.8. The number of hydrogen-bond donors (Lipinski definition) is 2. The zero-order chi connectivity index (χ0) is 29.4. The number of nitrogens with zero attached hydrogens (tertiary/aromatic N) is 2. The molecule has 10 nitrogen and oxygen atoms in total. The van der Waals surface area contributed by atoms with Crippen molar-refractivity contribution in [1.29, 1.82) is 0 Å². The van der Waals surface area contributed by atoms with E-state index in [0.717, 1.165) is 0 Å². The first-order valence-corrected chi connectivity index (χ1v) is 13.2. The predicted molar refractivity (Wildman–Crippen MR) is 155 cm³/mol. The lowest BCUT2D eigenvalue weighted by atomic mass is 9.91. The van der Waals surface area contributed by atoms with Crippen LogP contribution in [0.3, 0.4) is 0 Å². The van der Waals surface area contributed by atoms with Gasteiger partial charge in [-0.15, -0.1) is 0 Å². The van der Waals surface area contributed by atoms with Gasteiger partial charge in [0, 0.05) is 30.4 Å². The van der Waals surface area contributed by atoms with E-state index in [1.54, 1.807) is 54.3 Å². The molecule has 41 heavy (non-hydrogen) atoms. The molecule has 0 spiro atoms. The number of esters is 1. The number of urea groups is 1. The molecule has 210 valence electrons. The number of benzene rings is 3. The number of rotatable bonds is 10. The lowest BCUT2D eigenvalue weighted by molar-refractivity contribution is -0.384. The van der Waals surface area contributed by atoms with Gasteiger partial charge in [-0.05, 0) is 60.4 Å². The maximum Gasteiger partial charge on any atom is 0.338 e. The summed E-state index contributed by atoms with van der Waals surface area (Å²) in [5.74, 6) is -0.966. The van der Waals surface area contributed by atoms with Gasteiger partial charge in [-0.1, -0.05) is 49.4 Å². The molecule has 0 aliphatic carbocycles. The molecule has 0 saturated heterocycles. The third-order valence-electron chi connectivity index (χ3n) is 6.34. The van der Waals surface area contributed by atoms with Gasteiger partial charge in [-0.25, -0.2) is 9.59 Å². The Morgan fingerprint density at radius 3 is 2.44 bits per heavy atom. The van der Waals surface area contributed by atoms with Gasteiger partial charge in [0.25, 0.3) is 5.69 Å². The summed E-state index contributed by atoms with van der Waals surface area (Å²) in [6.45, 7) is 4.24. The smallest absolute Gasteiger partial charge is 0.338 e. The largest absolute Gasteiger partial charge is 0.463 e. The van der Waals surface area contributed by atoms with Gasteiger partial charge in [-0.2, -0.15) is 0 Å². The van der Waals surface area contributed by atoms with Crippen LogP contribution in [-0.4, -0.2) is 40.9 Å². The molecule has 1 unspecified atom stereocenters. The second-order valence-electron chi connectivity index (χ2n) is 9.18. The lowest BCUT2D eigenvalue weighted by Gasteiger charge is -2.37. The molecule has 3 amide bonds. The van der Waals surface area contributed by atoms with Crippen LogP contribution in [0.15, 0.2) is 90.5 Å². The third kappa shape index (κ3) is 6.85. The number of non-ortho nitro benzene ring substituents is 1. The van der Waals surface area contributed by atoms with Gasteiger partial charge >= 0.3 is 12.0 Å². The molecule has 3 aromatic carbocycles. The highest BCUT2D eigenvalue weighted by Gasteiger charge is 2.38. The zero-order valence-corrected chi connectivity index (χ0v) is 22.7. The highest BCUT2D eigenvalue weighted by molar-refractivity contribution is 6.05. The van der Waals surface area contributed by atoms with Gasteiger partial charge in [0.2, 0.25) is 5.91 Å². The van der Waals surface area contributed by atoms with E-state index >= 15 is 0 Å². The van der Waals surface area contributed by atoms with Crippen molar-refractivity contribution in [3.63, 3.8) is 0 Å². The molecule has 1 atom stereocenters. The molecule has 2 N–H and O–H groups in total. The van der Waals surface area contributed by atoms with Crippen LogP contribution in [-0.2, 0) is 14.3 Å². The van der Waals surface area contributed by atoms with E-state index in [1.807, 2.05) is 37.3 Å². The second kappa shape index (κ2) is 13.2. The van der Waals surface area contributed by atoms with E-state index in [1.165, 1.54) is 18.2 Å². The molecule has 0 aromatic heterocycles. The molecule has 0 radical (unpaired) electrons. The van der Waals surface area contributed by atoms with E-state index in [2.05, 4.69) is 10.6 Å². The summed E-state index contributed by atoms with van der Waals surface area (Å²) in [7, 11) is 0. The molecule has 10 heteroatoms. The van der Waals surface area contributed by atoms with Crippen LogP contribution in [0.25, 0.3) is 11.8 Å². The molecular weight excluding hydrogens is 524 g/mol. The third-order valence-corrected chi connectivity index (χ3v) is 6.34. The Kier molecular flexibility index (Phi) is 9.26. The number of nitrogens with one attached hydrogen (secondary N) is 2. The summed E-state index contributed by atoms with van der Waals surface area (Å²) in [5.41, 5.74) is 3.12. The minimum atomic E-state index is -0.822. The van der Waals surface area contributed by atoms with Gasteiger partial charge in [0.15, 0.2) is 0 Å². The fraction of sp³-hybridized carbons (Fsp3) is 0.194. The molecular formula is C31H30N4O6. The average Bonchev–Trinajstić information content (AvgIpc) is 2.97. The van der Waals surface area contributed by atoms with E-state index in [9.17, 15) is 24.5 Å². The summed E-state index contributed by atoms with van der Waals surface area (Å²) in [6.07, 6.45) is 3.54. The number of carbonyl (C=O) groups is 3. The SMILES string of the molecule is CCCN1C(=O)NC(c2cccc(NC(=O)/C=C/c3ccc([N+](=O)[O-])cc3)c2)C(C(=O)OCC)=C1c1ccccc1. The number of carbonyl (C=O) groups excluding carboxylic acids is 3. The van der Waals surface area contributed by atoms with Crippen molar-refractivity contribution in [2.75, 3.05) is 18.5 Å². The Labute approximate surface area is 237 Å². The minimum Gasteiger partial charge on any atom is -0.463 e. The summed E-state index contributed by atoms with van der Waals surface area (Å²) in [6, 6.07) is 20.8. The van der Waals surface area contributed by atoms with Gasteiger partial charge in [0.05, 0.1) is 28.8 Å². The fourth-order valence-electron chi connectivity index (χ4n) is 4.53. The van der Waals surface area contributed by atoms with E-state index in [-0.39, 0.29) is 18.3 Å². The van der Waals surface area contributed by atoms with Crippen molar-refractivity contribution in [3.05, 3.63) is 117 Å². The van der Waals surface area contributed by atoms with Gasteiger partial charge in [-0.3, -0.25) is 19.8 Å². The molecule has 4 rings (SSSR count). The maximum absolute atomic E-state index is 13.4. The number of nitro benzene ring substituents is 1. The Hall–Kier alpha value is -5.25. The van der Waals surface area contributed by atoms with Crippen LogP contribution in [0, 0.1) is 10.1 Å². The highest BCUT2D eigenvalue weighted by Crippen LogP contribution is 2.37. The van der Waals surface area contributed by atoms with Crippen LogP contribution in [0.2, 0.25) is 0 Å². The van der Waals surface area contributed by atoms with E-state index in [0.29, 0.717) is 46.6 Å². The first-order valence-electron chi connectivity index (χ1n) is 13.2. The van der Waals surface area contributed by atoms with Crippen molar-refractivity contribution in [3.8, 4) is 0 Å².